The summed E-state index contributed by atoms with van der Waals surface area (Å²) in [5.41, 5.74) is 5.55. The molecule has 4 rings (SSSR count). The van der Waals surface area contributed by atoms with Crippen molar-refractivity contribution in [2.24, 2.45) is 0 Å². The molecule has 2 aromatic rings. The summed E-state index contributed by atoms with van der Waals surface area (Å²) in [6, 6.07) is 12.9. The van der Waals surface area contributed by atoms with Crippen LogP contribution in [-0.4, -0.2) is 36.3 Å². The van der Waals surface area contributed by atoms with Crippen molar-refractivity contribution in [2.45, 2.75) is 31.3 Å². The fraction of sp³-hybridized carbons (Fsp3) is 0.364. The molecule has 138 valence electrons. The Morgan fingerprint density at radius 2 is 2.11 bits per heavy atom. The van der Waals surface area contributed by atoms with Crippen molar-refractivity contribution in [3.63, 3.8) is 0 Å². The van der Waals surface area contributed by atoms with Crippen molar-refractivity contribution in [1.29, 1.82) is 5.26 Å². The van der Waals surface area contributed by atoms with E-state index in [1.165, 1.54) is 16.7 Å². The fourth-order valence-electron chi connectivity index (χ4n) is 4.04. The third kappa shape index (κ3) is 3.93. The fourth-order valence-corrected chi connectivity index (χ4v) is 4.04. The Morgan fingerprint density at radius 1 is 1.26 bits per heavy atom. The minimum Gasteiger partial charge on any atom is -0.307 e. The lowest BCUT2D eigenvalue weighted by Gasteiger charge is -2.35. The molecule has 1 unspecified atom stereocenters. The molecule has 0 bridgehead atoms. The van der Waals surface area contributed by atoms with E-state index in [9.17, 15) is 5.26 Å². The van der Waals surface area contributed by atoms with Gasteiger partial charge in [0.2, 0.25) is 0 Å². The quantitative estimate of drug-likeness (QED) is 0.903. The van der Waals surface area contributed by atoms with Crippen molar-refractivity contribution < 1.29 is 4.84 Å². The molecule has 2 heterocycles. The highest BCUT2D eigenvalue weighted by atomic mass is 16.7. The first kappa shape index (κ1) is 17.9. The Morgan fingerprint density at radius 3 is 2.89 bits per heavy atom. The summed E-state index contributed by atoms with van der Waals surface area (Å²) in [5.74, 6) is 0. The van der Waals surface area contributed by atoms with Gasteiger partial charge in [0.25, 0.3) is 0 Å². The summed E-state index contributed by atoms with van der Waals surface area (Å²) in [4.78, 5) is 9.69. The van der Waals surface area contributed by atoms with Crippen LogP contribution in [0.15, 0.2) is 42.7 Å². The molecule has 0 radical (unpaired) electrons. The zero-order valence-corrected chi connectivity index (χ0v) is 15.6. The van der Waals surface area contributed by atoms with Gasteiger partial charge in [-0.3, -0.25) is 4.98 Å². The monoisotopic (exact) mass is 360 g/mol. The SMILES string of the molecule is CON1CCC(NC2CC(c3cccc(C#N)c3)=Cc3ccncc32)CC1. The molecule has 5 heteroatoms. The molecule has 5 nitrogen and oxygen atoms in total. The van der Waals surface area contributed by atoms with Gasteiger partial charge in [-0.2, -0.15) is 10.3 Å². The summed E-state index contributed by atoms with van der Waals surface area (Å²) < 4.78 is 0. The van der Waals surface area contributed by atoms with Crippen LogP contribution in [0.4, 0.5) is 0 Å². The van der Waals surface area contributed by atoms with E-state index in [-0.39, 0.29) is 6.04 Å². The van der Waals surface area contributed by atoms with Crippen LogP contribution in [0.1, 0.15) is 47.6 Å². The third-order valence-electron chi connectivity index (χ3n) is 5.53. The molecule has 1 aliphatic carbocycles. The Hall–Kier alpha value is -2.52. The minimum atomic E-state index is 0.235. The Kier molecular flexibility index (Phi) is 5.30. The molecule has 2 aliphatic rings. The Bertz CT molecular complexity index is 878. The molecule has 27 heavy (non-hydrogen) atoms. The zero-order chi connectivity index (χ0) is 18.6. The normalized spacial score (nSPS) is 20.6. The van der Waals surface area contributed by atoms with Crippen molar-refractivity contribution in [1.82, 2.24) is 15.4 Å². The van der Waals surface area contributed by atoms with Crippen LogP contribution in [0.3, 0.4) is 0 Å². The maximum Gasteiger partial charge on any atom is 0.0991 e. The highest BCUT2D eigenvalue weighted by molar-refractivity contribution is 5.85. The smallest absolute Gasteiger partial charge is 0.0991 e. The number of nitrogens with zero attached hydrogens (tertiary/aromatic N) is 3. The van der Waals surface area contributed by atoms with E-state index in [2.05, 4.69) is 34.6 Å². The van der Waals surface area contributed by atoms with E-state index in [4.69, 9.17) is 4.84 Å². The van der Waals surface area contributed by atoms with E-state index < -0.39 is 0 Å². The molecular formula is C22H24N4O. The second-order valence-electron chi connectivity index (χ2n) is 7.18. The van der Waals surface area contributed by atoms with Gasteiger partial charge >= 0.3 is 0 Å². The summed E-state index contributed by atoms with van der Waals surface area (Å²) in [6.45, 7) is 1.90. The Labute approximate surface area is 160 Å². The first-order chi connectivity index (χ1) is 13.3. The third-order valence-corrected chi connectivity index (χ3v) is 5.53. The predicted octanol–water partition coefficient (Wildman–Crippen LogP) is 3.55. The second kappa shape index (κ2) is 8.01. The summed E-state index contributed by atoms with van der Waals surface area (Å²) in [5, 5.41) is 15.1. The number of hydrogen-bond acceptors (Lipinski definition) is 5. The van der Waals surface area contributed by atoms with Crippen molar-refractivity contribution in [3.8, 4) is 6.07 Å². The van der Waals surface area contributed by atoms with Crippen molar-refractivity contribution in [3.05, 3.63) is 65.0 Å². The van der Waals surface area contributed by atoms with Crippen molar-refractivity contribution >= 4 is 11.6 Å². The number of benzene rings is 1. The molecule has 1 aromatic carbocycles. The Balaban J connectivity index is 1.58. The molecule has 1 aliphatic heterocycles. The molecule has 1 saturated heterocycles. The molecule has 1 N–H and O–H groups in total. The van der Waals surface area contributed by atoms with Gasteiger partial charge in [0, 0.05) is 37.6 Å². The first-order valence-electron chi connectivity index (χ1n) is 9.47. The number of hydroxylamine groups is 2. The highest BCUT2D eigenvalue weighted by Crippen LogP contribution is 2.37. The molecule has 1 fully saturated rings. The van der Waals surface area contributed by atoms with Gasteiger partial charge < -0.3 is 10.2 Å². The van der Waals surface area contributed by atoms with Gasteiger partial charge in [-0.25, -0.2) is 0 Å². The highest BCUT2D eigenvalue weighted by Gasteiger charge is 2.27. The van der Waals surface area contributed by atoms with Gasteiger partial charge in [-0.05, 0) is 59.7 Å². The lowest BCUT2D eigenvalue weighted by molar-refractivity contribution is -0.145. The summed E-state index contributed by atoms with van der Waals surface area (Å²) in [6.07, 6.45) is 9.11. The van der Waals surface area contributed by atoms with Crippen LogP contribution in [0.5, 0.6) is 0 Å². The average molecular weight is 360 g/mol. The number of rotatable bonds is 4. The lowest BCUT2D eigenvalue weighted by atomic mass is 9.85. The van der Waals surface area contributed by atoms with Crippen LogP contribution >= 0.6 is 0 Å². The molecule has 0 saturated carbocycles. The van der Waals surface area contributed by atoms with E-state index in [1.54, 1.807) is 7.11 Å². The van der Waals surface area contributed by atoms with Gasteiger partial charge in [0.15, 0.2) is 0 Å². The second-order valence-corrected chi connectivity index (χ2v) is 7.18. The number of nitriles is 1. The van der Waals surface area contributed by atoms with Gasteiger partial charge in [-0.15, -0.1) is 0 Å². The summed E-state index contributed by atoms with van der Waals surface area (Å²) >= 11 is 0. The molecule has 0 spiro atoms. The summed E-state index contributed by atoms with van der Waals surface area (Å²) in [7, 11) is 1.74. The van der Waals surface area contributed by atoms with E-state index in [0.29, 0.717) is 11.6 Å². The molecule has 0 amide bonds. The van der Waals surface area contributed by atoms with E-state index in [1.807, 2.05) is 35.7 Å². The van der Waals surface area contributed by atoms with E-state index in [0.717, 1.165) is 37.9 Å². The minimum absolute atomic E-state index is 0.235. The van der Waals surface area contributed by atoms with E-state index >= 15 is 0 Å². The zero-order valence-electron chi connectivity index (χ0n) is 15.6. The van der Waals surface area contributed by atoms with Gasteiger partial charge in [0.05, 0.1) is 18.7 Å². The lowest BCUT2D eigenvalue weighted by Crippen LogP contribution is -2.43. The van der Waals surface area contributed by atoms with Crippen LogP contribution < -0.4 is 5.32 Å². The number of aromatic nitrogens is 1. The molecule has 1 atom stereocenters. The van der Waals surface area contributed by atoms with Crippen LogP contribution in [0, 0.1) is 11.3 Å². The maximum atomic E-state index is 9.22. The number of nitrogens with one attached hydrogen (secondary N) is 1. The van der Waals surface area contributed by atoms with Crippen LogP contribution in [-0.2, 0) is 4.84 Å². The molecule has 1 aromatic heterocycles. The number of hydrogen-bond donors (Lipinski definition) is 1. The first-order valence-corrected chi connectivity index (χ1v) is 9.47. The number of fused-ring (bicyclic) bond motifs is 1. The molecular weight excluding hydrogens is 336 g/mol. The predicted molar refractivity (Wildman–Crippen MR) is 105 cm³/mol. The standard InChI is InChI=1S/C22H24N4O/c1-27-26-9-6-20(7-10-26)25-22-13-19(12-18-5-8-24-15-21(18)22)17-4-2-3-16(11-17)14-23/h2-5,8,11-12,15,20,22,25H,6-7,9-10,13H2,1H3. The number of piperidine rings is 1. The van der Waals surface area contributed by atoms with Gasteiger partial charge in [-0.1, -0.05) is 18.2 Å². The van der Waals surface area contributed by atoms with Gasteiger partial charge in [0.1, 0.15) is 0 Å². The maximum absolute atomic E-state index is 9.22. The number of pyridine rings is 1. The topological polar surface area (TPSA) is 61.2 Å². The van der Waals surface area contributed by atoms with Crippen LogP contribution in [0.2, 0.25) is 0 Å². The average Bonchev–Trinajstić information content (AvgIpc) is 2.74. The largest absolute Gasteiger partial charge is 0.307 e. The van der Waals surface area contributed by atoms with Crippen molar-refractivity contribution in [2.75, 3.05) is 20.2 Å². The van der Waals surface area contributed by atoms with Crippen LogP contribution in [0.25, 0.3) is 11.6 Å².